The van der Waals surface area contributed by atoms with E-state index in [0.29, 0.717) is 13.2 Å². The number of anilines is 1. The highest BCUT2D eigenvalue weighted by molar-refractivity contribution is 9.10. The lowest BCUT2D eigenvalue weighted by atomic mass is 10.1. The summed E-state index contributed by atoms with van der Waals surface area (Å²) in [7, 11) is -3.51. The summed E-state index contributed by atoms with van der Waals surface area (Å²) >= 11 is 3.66. The van der Waals surface area contributed by atoms with Crippen molar-refractivity contribution < 1.29 is 13.6 Å². The lowest BCUT2D eigenvalue weighted by Gasteiger charge is -2.29. The maximum absolute atomic E-state index is 14.4. The van der Waals surface area contributed by atoms with Crippen LogP contribution in [0.1, 0.15) is 102 Å². The van der Waals surface area contributed by atoms with E-state index >= 15 is 0 Å². The van der Waals surface area contributed by atoms with Crippen LogP contribution in [0.5, 0.6) is 0 Å². The SMILES string of the molecule is CCCCCCCCOP(=O)(OCCCCCCCC)C(Nc1ccccc1)c1ccccc1Br. The molecule has 6 heteroatoms. The van der Waals surface area contributed by atoms with Gasteiger partial charge in [0.05, 0.1) is 13.2 Å². The molecule has 0 radical (unpaired) electrons. The van der Waals surface area contributed by atoms with Crippen molar-refractivity contribution in [3.63, 3.8) is 0 Å². The fourth-order valence-corrected chi connectivity index (χ4v) is 6.75. The van der Waals surface area contributed by atoms with Crippen molar-refractivity contribution >= 4 is 29.2 Å². The van der Waals surface area contributed by atoms with Gasteiger partial charge in [-0.2, -0.15) is 0 Å². The highest BCUT2D eigenvalue weighted by atomic mass is 79.9. The molecule has 0 aliphatic heterocycles. The standard InChI is InChI=1S/C29H45BrNO3P/c1-3-5-7-9-11-18-24-33-35(32,34-25-19-12-10-8-6-4-2)29(27-22-16-17-23-28(27)30)31-26-20-14-13-15-21-26/h13-17,20-23,29,31H,3-12,18-19,24-25H2,1-2H3. The number of nitrogens with one attached hydrogen (secondary N) is 1. The zero-order valence-corrected chi connectivity index (χ0v) is 24.2. The van der Waals surface area contributed by atoms with Gasteiger partial charge in [-0.15, -0.1) is 0 Å². The van der Waals surface area contributed by atoms with Crippen LogP contribution in [0.3, 0.4) is 0 Å². The van der Waals surface area contributed by atoms with Crippen molar-refractivity contribution in [2.75, 3.05) is 18.5 Å². The summed E-state index contributed by atoms with van der Waals surface area (Å²) in [4.78, 5) is 0. The minimum Gasteiger partial charge on any atom is -0.368 e. The molecule has 0 aliphatic rings. The van der Waals surface area contributed by atoms with Crippen molar-refractivity contribution in [3.05, 3.63) is 64.6 Å². The van der Waals surface area contributed by atoms with Gasteiger partial charge in [0.25, 0.3) is 0 Å². The van der Waals surface area contributed by atoms with Crippen LogP contribution >= 0.6 is 23.5 Å². The van der Waals surface area contributed by atoms with E-state index in [1.54, 1.807) is 0 Å². The van der Waals surface area contributed by atoms with Gasteiger partial charge in [-0.25, -0.2) is 0 Å². The van der Waals surface area contributed by atoms with Gasteiger partial charge in [0.2, 0.25) is 0 Å². The highest BCUT2D eigenvalue weighted by Crippen LogP contribution is 2.62. The van der Waals surface area contributed by atoms with E-state index in [0.717, 1.165) is 41.4 Å². The van der Waals surface area contributed by atoms with Gasteiger partial charge in [-0.1, -0.05) is 130 Å². The van der Waals surface area contributed by atoms with E-state index in [4.69, 9.17) is 9.05 Å². The summed E-state index contributed by atoms with van der Waals surface area (Å²) in [5.41, 5.74) is 1.77. The molecule has 0 amide bonds. The minimum atomic E-state index is -3.51. The molecule has 0 spiro atoms. The molecule has 0 fully saturated rings. The number of rotatable bonds is 20. The minimum absolute atomic E-state index is 0.442. The number of hydrogen-bond donors (Lipinski definition) is 1. The molecule has 1 unspecified atom stereocenters. The van der Waals surface area contributed by atoms with Crippen LogP contribution in [0.4, 0.5) is 5.69 Å². The number of benzene rings is 2. The first kappa shape index (κ1) is 30.1. The average Bonchev–Trinajstić information content (AvgIpc) is 2.87. The molecule has 2 aromatic rings. The Morgan fingerprint density at radius 2 is 1.20 bits per heavy atom. The summed E-state index contributed by atoms with van der Waals surface area (Å²) < 4.78 is 27.7. The van der Waals surface area contributed by atoms with Gasteiger partial charge in [-0.05, 0) is 31.0 Å². The third-order valence-electron chi connectivity index (χ3n) is 6.13. The van der Waals surface area contributed by atoms with Crippen LogP contribution in [0.2, 0.25) is 0 Å². The second-order valence-corrected chi connectivity index (χ2v) is 12.1. The molecular formula is C29H45BrNO3P. The zero-order chi connectivity index (χ0) is 25.2. The Hall–Kier alpha value is -1.13. The Kier molecular flexibility index (Phi) is 15.6. The third-order valence-corrected chi connectivity index (χ3v) is 8.98. The van der Waals surface area contributed by atoms with Crippen LogP contribution in [0.15, 0.2) is 59.1 Å². The second kappa shape index (κ2) is 18.2. The summed E-state index contributed by atoms with van der Waals surface area (Å²) in [6.07, 6.45) is 13.8. The molecule has 0 bridgehead atoms. The maximum Gasteiger partial charge on any atom is 0.357 e. The maximum atomic E-state index is 14.4. The molecule has 0 aliphatic carbocycles. The number of unbranched alkanes of at least 4 members (excludes halogenated alkanes) is 10. The van der Waals surface area contributed by atoms with E-state index in [1.165, 1.54) is 51.4 Å². The van der Waals surface area contributed by atoms with Crippen molar-refractivity contribution in [3.8, 4) is 0 Å². The topological polar surface area (TPSA) is 47.6 Å². The van der Waals surface area contributed by atoms with E-state index in [9.17, 15) is 4.57 Å². The van der Waals surface area contributed by atoms with Crippen LogP contribution < -0.4 is 5.32 Å². The lowest BCUT2D eigenvalue weighted by molar-refractivity contribution is 0.192. The van der Waals surface area contributed by atoms with Gasteiger partial charge in [0, 0.05) is 15.7 Å². The monoisotopic (exact) mass is 565 g/mol. The smallest absolute Gasteiger partial charge is 0.357 e. The Labute approximate surface area is 222 Å². The Morgan fingerprint density at radius 3 is 1.74 bits per heavy atom. The van der Waals surface area contributed by atoms with Gasteiger partial charge >= 0.3 is 7.60 Å². The first-order valence-electron chi connectivity index (χ1n) is 13.6. The average molecular weight is 567 g/mol. The zero-order valence-electron chi connectivity index (χ0n) is 21.7. The molecular weight excluding hydrogens is 521 g/mol. The predicted octanol–water partition coefficient (Wildman–Crippen LogP) is 10.5. The van der Waals surface area contributed by atoms with Gasteiger partial charge in [-0.3, -0.25) is 4.57 Å². The number of para-hydroxylation sites is 1. The van der Waals surface area contributed by atoms with Crippen LogP contribution in [0, 0.1) is 0 Å². The summed E-state index contributed by atoms with van der Waals surface area (Å²) in [6.45, 7) is 5.33. The molecule has 0 saturated heterocycles. The summed E-state index contributed by atoms with van der Waals surface area (Å²) in [5, 5.41) is 3.47. The van der Waals surface area contributed by atoms with Crippen LogP contribution in [-0.4, -0.2) is 13.2 Å². The molecule has 1 atom stereocenters. The van der Waals surface area contributed by atoms with E-state index < -0.39 is 13.4 Å². The largest absolute Gasteiger partial charge is 0.368 e. The fraction of sp³-hybridized carbons (Fsp3) is 0.586. The molecule has 35 heavy (non-hydrogen) atoms. The molecule has 1 N–H and O–H groups in total. The first-order valence-corrected chi connectivity index (χ1v) is 16.0. The number of halogens is 1. The molecule has 0 saturated carbocycles. The second-order valence-electron chi connectivity index (χ2n) is 9.18. The molecule has 2 rings (SSSR count). The third kappa shape index (κ3) is 11.6. The lowest BCUT2D eigenvalue weighted by Crippen LogP contribution is -2.16. The Bertz CT molecular complexity index is 827. The highest BCUT2D eigenvalue weighted by Gasteiger charge is 2.38. The fourth-order valence-electron chi connectivity index (χ4n) is 4.05. The molecule has 196 valence electrons. The van der Waals surface area contributed by atoms with E-state index in [1.807, 2.05) is 54.6 Å². The summed E-state index contributed by atoms with van der Waals surface area (Å²) in [5.74, 6) is -0.597. The van der Waals surface area contributed by atoms with Crippen LogP contribution in [-0.2, 0) is 13.6 Å². The quantitative estimate of drug-likeness (QED) is 0.128. The Morgan fingerprint density at radius 1 is 0.714 bits per heavy atom. The first-order chi connectivity index (χ1) is 17.1. The molecule has 2 aromatic carbocycles. The summed E-state index contributed by atoms with van der Waals surface area (Å²) in [6, 6.07) is 17.8. The normalized spacial score (nSPS) is 12.5. The van der Waals surface area contributed by atoms with Gasteiger partial charge in [0.15, 0.2) is 5.78 Å². The van der Waals surface area contributed by atoms with Gasteiger partial charge < -0.3 is 14.4 Å². The predicted molar refractivity (Wildman–Crippen MR) is 153 cm³/mol. The molecule has 4 nitrogen and oxygen atoms in total. The van der Waals surface area contributed by atoms with Gasteiger partial charge in [0.1, 0.15) is 0 Å². The van der Waals surface area contributed by atoms with E-state index in [2.05, 4.69) is 35.1 Å². The Balaban J connectivity index is 2.14. The van der Waals surface area contributed by atoms with Crippen molar-refractivity contribution in [2.24, 2.45) is 0 Å². The van der Waals surface area contributed by atoms with Crippen LogP contribution in [0.25, 0.3) is 0 Å². The van der Waals surface area contributed by atoms with E-state index in [-0.39, 0.29) is 0 Å². The number of hydrogen-bond acceptors (Lipinski definition) is 4. The molecule has 0 aromatic heterocycles. The van der Waals surface area contributed by atoms with Crippen molar-refractivity contribution in [2.45, 2.75) is 96.7 Å². The van der Waals surface area contributed by atoms with Crippen molar-refractivity contribution in [1.29, 1.82) is 0 Å². The van der Waals surface area contributed by atoms with Crippen molar-refractivity contribution in [1.82, 2.24) is 0 Å². The molecule has 0 heterocycles.